The van der Waals surface area contributed by atoms with Gasteiger partial charge in [0.1, 0.15) is 12.4 Å². The van der Waals surface area contributed by atoms with E-state index in [0.717, 1.165) is 59.6 Å². The van der Waals surface area contributed by atoms with Crippen molar-refractivity contribution in [1.82, 2.24) is 10.2 Å². The Morgan fingerprint density at radius 3 is 2.77 bits per heavy atom. The highest BCUT2D eigenvalue weighted by Crippen LogP contribution is 2.25. The number of likely N-dealkylation sites (tertiary alicyclic amines) is 1. The second-order valence-electron chi connectivity index (χ2n) is 7.78. The molecule has 1 atom stereocenters. The maximum atomic E-state index is 12.7. The first kappa shape index (κ1) is 20.7. The molecule has 30 heavy (non-hydrogen) atoms. The molecule has 1 amide bonds. The number of ether oxygens (including phenoxy) is 1. The number of piperidine rings is 1. The first-order chi connectivity index (χ1) is 14.7. The molecule has 0 bridgehead atoms. The zero-order valence-corrected chi connectivity index (χ0v) is 17.8. The molecule has 4 rings (SSSR count). The van der Waals surface area contributed by atoms with Crippen LogP contribution in [0.3, 0.4) is 0 Å². The molecule has 0 radical (unpaired) electrons. The molecule has 1 aliphatic rings. The Labute approximate surface area is 182 Å². The number of carbonyl (C=O) groups is 1. The third-order valence-electron chi connectivity index (χ3n) is 5.64. The van der Waals surface area contributed by atoms with E-state index in [2.05, 4.69) is 34.5 Å². The summed E-state index contributed by atoms with van der Waals surface area (Å²) in [5.41, 5.74) is 1.11. The van der Waals surface area contributed by atoms with Crippen molar-refractivity contribution in [2.24, 2.45) is 5.92 Å². The third-order valence-corrected chi connectivity index (χ3v) is 6.01. The number of fused-ring (bicyclic) bond motifs is 1. The summed E-state index contributed by atoms with van der Waals surface area (Å²) >= 11 is 6.29. The largest absolute Gasteiger partial charge is 0.491 e. The molecule has 1 saturated heterocycles. The minimum Gasteiger partial charge on any atom is -0.491 e. The topological polar surface area (TPSA) is 41.6 Å². The van der Waals surface area contributed by atoms with Gasteiger partial charge in [-0.3, -0.25) is 9.69 Å². The van der Waals surface area contributed by atoms with Gasteiger partial charge in [0, 0.05) is 23.5 Å². The summed E-state index contributed by atoms with van der Waals surface area (Å²) in [5, 5.41) is 6.08. The molecular weight excluding hydrogens is 396 g/mol. The predicted molar refractivity (Wildman–Crippen MR) is 122 cm³/mol. The Balaban J connectivity index is 1.25. The fourth-order valence-corrected chi connectivity index (χ4v) is 4.28. The summed E-state index contributed by atoms with van der Waals surface area (Å²) in [5.74, 6) is 0.977. The Hall–Kier alpha value is -2.56. The van der Waals surface area contributed by atoms with Crippen LogP contribution in [0.5, 0.6) is 5.75 Å². The van der Waals surface area contributed by atoms with Gasteiger partial charge in [-0.05, 0) is 42.5 Å². The average molecular weight is 423 g/mol. The van der Waals surface area contributed by atoms with Crippen molar-refractivity contribution in [2.75, 3.05) is 26.2 Å². The number of carbonyl (C=O) groups excluding carboxylic acids is 1. The van der Waals surface area contributed by atoms with Crippen molar-refractivity contribution in [3.63, 3.8) is 0 Å². The Morgan fingerprint density at radius 1 is 1.07 bits per heavy atom. The van der Waals surface area contributed by atoms with Crippen LogP contribution in [0.25, 0.3) is 10.8 Å². The monoisotopic (exact) mass is 422 g/mol. The molecule has 156 valence electrons. The Bertz CT molecular complexity index is 1000. The van der Waals surface area contributed by atoms with Gasteiger partial charge in [0.05, 0.1) is 12.5 Å². The van der Waals surface area contributed by atoms with E-state index in [4.69, 9.17) is 16.3 Å². The Morgan fingerprint density at radius 2 is 1.87 bits per heavy atom. The lowest BCUT2D eigenvalue weighted by molar-refractivity contribution is -0.126. The van der Waals surface area contributed by atoms with E-state index in [0.29, 0.717) is 13.2 Å². The van der Waals surface area contributed by atoms with Crippen molar-refractivity contribution in [3.05, 3.63) is 77.3 Å². The lowest BCUT2D eigenvalue weighted by Crippen LogP contribution is -2.43. The smallest absolute Gasteiger partial charge is 0.224 e. The number of amides is 1. The van der Waals surface area contributed by atoms with Gasteiger partial charge in [0.2, 0.25) is 5.91 Å². The van der Waals surface area contributed by atoms with Crippen LogP contribution in [0.2, 0.25) is 5.02 Å². The Kier molecular flexibility index (Phi) is 6.88. The van der Waals surface area contributed by atoms with Crippen molar-refractivity contribution in [1.29, 1.82) is 0 Å². The molecule has 5 heteroatoms. The highest BCUT2D eigenvalue weighted by Gasteiger charge is 2.25. The fraction of sp³-hybridized carbons (Fsp3) is 0.320. The van der Waals surface area contributed by atoms with Crippen LogP contribution in [0, 0.1) is 5.92 Å². The summed E-state index contributed by atoms with van der Waals surface area (Å²) < 4.78 is 5.93. The van der Waals surface area contributed by atoms with Crippen LogP contribution in [0.4, 0.5) is 0 Å². The first-order valence-corrected chi connectivity index (χ1v) is 10.9. The molecule has 0 aromatic heterocycles. The molecule has 0 aliphatic carbocycles. The number of hydrogen-bond acceptors (Lipinski definition) is 3. The van der Waals surface area contributed by atoms with Gasteiger partial charge >= 0.3 is 0 Å². The SMILES string of the molecule is O=C(NCCOc1cccc2ccccc12)C1CCCN(Cc2ccccc2Cl)C1. The first-order valence-electron chi connectivity index (χ1n) is 10.5. The quantitative estimate of drug-likeness (QED) is 0.550. The van der Waals surface area contributed by atoms with Crippen molar-refractivity contribution in [2.45, 2.75) is 19.4 Å². The summed E-state index contributed by atoms with van der Waals surface area (Å²) in [6.07, 6.45) is 1.95. The van der Waals surface area contributed by atoms with Gasteiger partial charge in [-0.25, -0.2) is 0 Å². The maximum Gasteiger partial charge on any atom is 0.224 e. The van der Waals surface area contributed by atoms with Crippen LogP contribution >= 0.6 is 11.6 Å². The molecule has 3 aromatic rings. The van der Waals surface area contributed by atoms with Gasteiger partial charge < -0.3 is 10.1 Å². The second kappa shape index (κ2) is 9.96. The zero-order chi connectivity index (χ0) is 20.8. The standard InChI is InChI=1S/C25H27ClN2O2/c26-23-12-4-2-8-20(23)17-28-15-6-10-21(18-28)25(29)27-14-16-30-24-13-5-9-19-7-1-3-11-22(19)24/h1-5,7-9,11-13,21H,6,10,14-18H2,(H,27,29). The molecule has 1 unspecified atom stereocenters. The number of halogens is 1. The highest BCUT2D eigenvalue weighted by atomic mass is 35.5. The minimum absolute atomic E-state index is 0.0128. The van der Waals surface area contributed by atoms with Crippen LogP contribution in [0.15, 0.2) is 66.7 Å². The number of hydrogen-bond donors (Lipinski definition) is 1. The predicted octanol–water partition coefficient (Wildman–Crippen LogP) is 4.90. The van der Waals surface area contributed by atoms with Crippen LogP contribution in [-0.2, 0) is 11.3 Å². The maximum absolute atomic E-state index is 12.7. The van der Waals surface area contributed by atoms with Crippen LogP contribution in [0.1, 0.15) is 18.4 Å². The zero-order valence-electron chi connectivity index (χ0n) is 17.0. The van der Waals surface area contributed by atoms with Crippen LogP contribution < -0.4 is 10.1 Å². The van der Waals surface area contributed by atoms with E-state index < -0.39 is 0 Å². The van der Waals surface area contributed by atoms with Crippen LogP contribution in [-0.4, -0.2) is 37.0 Å². The molecule has 1 fully saturated rings. The molecule has 1 heterocycles. The van der Waals surface area contributed by atoms with E-state index >= 15 is 0 Å². The minimum atomic E-state index is 0.0128. The molecular formula is C25H27ClN2O2. The normalized spacial score (nSPS) is 17.0. The summed E-state index contributed by atoms with van der Waals surface area (Å²) in [4.78, 5) is 15.0. The molecule has 1 aliphatic heterocycles. The number of nitrogens with zero attached hydrogens (tertiary/aromatic N) is 1. The summed E-state index contributed by atoms with van der Waals surface area (Å²) in [6.45, 7) is 3.51. The van der Waals surface area contributed by atoms with E-state index in [1.54, 1.807) is 0 Å². The van der Waals surface area contributed by atoms with E-state index in [9.17, 15) is 4.79 Å². The summed E-state index contributed by atoms with van der Waals surface area (Å²) in [6, 6.07) is 22.1. The lowest BCUT2D eigenvalue weighted by Gasteiger charge is -2.32. The average Bonchev–Trinajstić information content (AvgIpc) is 2.78. The third kappa shape index (κ3) is 5.13. The number of nitrogens with one attached hydrogen (secondary N) is 1. The fourth-order valence-electron chi connectivity index (χ4n) is 4.08. The van der Waals surface area contributed by atoms with Crippen molar-refractivity contribution >= 4 is 28.3 Å². The lowest BCUT2D eigenvalue weighted by atomic mass is 9.96. The van der Waals surface area contributed by atoms with E-state index in [-0.39, 0.29) is 11.8 Å². The van der Waals surface area contributed by atoms with Crippen molar-refractivity contribution in [3.8, 4) is 5.75 Å². The highest BCUT2D eigenvalue weighted by molar-refractivity contribution is 6.31. The van der Waals surface area contributed by atoms with E-state index in [1.807, 2.05) is 42.5 Å². The van der Waals surface area contributed by atoms with Gasteiger partial charge in [-0.1, -0.05) is 66.2 Å². The number of rotatable bonds is 7. The van der Waals surface area contributed by atoms with Gasteiger partial charge in [-0.2, -0.15) is 0 Å². The second-order valence-corrected chi connectivity index (χ2v) is 8.19. The molecule has 0 spiro atoms. The number of benzene rings is 3. The van der Waals surface area contributed by atoms with Gasteiger partial charge in [0.15, 0.2) is 0 Å². The van der Waals surface area contributed by atoms with Crippen molar-refractivity contribution < 1.29 is 9.53 Å². The molecule has 0 saturated carbocycles. The molecule has 1 N–H and O–H groups in total. The molecule has 3 aromatic carbocycles. The van der Waals surface area contributed by atoms with Gasteiger partial charge in [-0.15, -0.1) is 0 Å². The summed E-state index contributed by atoms with van der Waals surface area (Å²) in [7, 11) is 0. The van der Waals surface area contributed by atoms with Gasteiger partial charge in [0.25, 0.3) is 0 Å². The van der Waals surface area contributed by atoms with E-state index in [1.165, 1.54) is 0 Å². The molecule has 4 nitrogen and oxygen atoms in total.